The van der Waals surface area contributed by atoms with Gasteiger partial charge in [-0.3, -0.25) is 9.38 Å². The third-order valence-corrected chi connectivity index (χ3v) is 3.96. The molecule has 0 fully saturated rings. The van der Waals surface area contributed by atoms with Gasteiger partial charge in [-0.25, -0.2) is 4.98 Å². The molecule has 22 heavy (non-hydrogen) atoms. The van der Waals surface area contributed by atoms with Gasteiger partial charge in [-0.05, 0) is 12.1 Å². The van der Waals surface area contributed by atoms with Crippen molar-refractivity contribution >= 4 is 34.7 Å². The Labute approximate surface area is 137 Å². The Hall–Kier alpha value is -1.82. The van der Waals surface area contributed by atoms with E-state index >= 15 is 0 Å². The van der Waals surface area contributed by atoms with Crippen LogP contribution in [-0.4, -0.2) is 34.6 Å². The molecule has 5 nitrogen and oxygen atoms in total. The van der Waals surface area contributed by atoms with Crippen LogP contribution in [-0.2, 0) is 4.74 Å². The molecule has 0 aliphatic rings. The van der Waals surface area contributed by atoms with E-state index < -0.39 is 0 Å². The van der Waals surface area contributed by atoms with Gasteiger partial charge in [0.15, 0.2) is 5.65 Å². The molecule has 0 saturated heterocycles. The summed E-state index contributed by atoms with van der Waals surface area (Å²) < 4.78 is 7.03. The van der Waals surface area contributed by atoms with Gasteiger partial charge in [-0.1, -0.05) is 29.3 Å². The van der Waals surface area contributed by atoms with Crippen molar-refractivity contribution in [2.24, 2.45) is 0 Å². The van der Waals surface area contributed by atoms with Crippen molar-refractivity contribution in [2.75, 3.05) is 25.6 Å². The molecule has 0 radical (unpaired) electrons. The molecule has 2 aromatic heterocycles. The molecule has 3 rings (SSSR count). The maximum atomic E-state index is 6.12. The average molecular weight is 337 g/mol. The molecule has 0 atom stereocenters. The van der Waals surface area contributed by atoms with Crippen LogP contribution in [0.5, 0.6) is 0 Å². The van der Waals surface area contributed by atoms with Crippen molar-refractivity contribution in [1.82, 2.24) is 14.4 Å². The molecule has 0 aliphatic carbocycles. The number of nitrogens with zero attached hydrogens (tertiary/aromatic N) is 3. The minimum absolute atomic E-state index is 0.497. The first-order chi connectivity index (χ1) is 10.7. The molecule has 0 saturated carbocycles. The minimum atomic E-state index is 0.497. The highest BCUT2D eigenvalue weighted by molar-refractivity contribution is 6.42. The molecule has 0 unspecified atom stereocenters. The van der Waals surface area contributed by atoms with Gasteiger partial charge in [-0.15, -0.1) is 0 Å². The van der Waals surface area contributed by atoms with E-state index in [4.69, 9.17) is 27.9 Å². The van der Waals surface area contributed by atoms with Crippen LogP contribution in [0.3, 0.4) is 0 Å². The van der Waals surface area contributed by atoms with Gasteiger partial charge in [0.2, 0.25) is 0 Å². The van der Waals surface area contributed by atoms with Crippen LogP contribution >= 0.6 is 23.2 Å². The molecule has 0 aliphatic heterocycles. The summed E-state index contributed by atoms with van der Waals surface area (Å²) in [5, 5.41) is 4.36. The summed E-state index contributed by atoms with van der Waals surface area (Å²) in [5.74, 6) is 0.868. The van der Waals surface area contributed by atoms with Crippen LogP contribution in [0, 0.1) is 0 Å². The topological polar surface area (TPSA) is 51.5 Å². The zero-order chi connectivity index (χ0) is 15.5. The largest absolute Gasteiger partial charge is 0.383 e. The number of nitrogens with one attached hydrogen (secondary N) is 1. The van der Waals surface area contributed by atoms with E-state index in [1.807, 2.05) is 16.7 Å². The molecule has 1 aromatic carbocycles. The number of halogens is 2. The third kappa shape index (κ3) is 2.88. The molecule has 7 heteroatoms. The smallest absolute Gasteiger partial charge is 0.157 e. The first-order valence-electron chi connectivity index (χ1n) is 6.71. The Bertz CT molecular complexity index is 803. The number of methoxy groups -OCH3 is 1. The summed E-state index contributed by atoms with van der Waals surface area (Å²) in [7, 11) is 1.67. The molecule has 1 N–H and O–H groups in total. The quantitative estimate of drug-likeness (QED) is 0.720. The predicted octanol–water partition coefficient (Wildman–Crippen LogP) is 3.76. The van der Waals surface area contributed by atoms with Crippen molar-refractivity contribution in [1.29, 1.82) is 0 Å². The fraction of sp³-hybridized carbons (Fsp3) is 0.200. The van der Waals surface area contributed by atoms with Crippen LogP contribution in [0.25, 0.3) is 16.9 Å². The highest BCUT2D eigenvalue weighted by atomic mass is 35.5. The van der Waals surface area contributed by atoms with E-state index in [9.17, 15) is 0 Å². The van der Waals surface area contributed by atoms with Gasteiger partial charge in [0.05, 0.1) is 22.8 Å². The Balaban J connectivity index is 2.10. The first kappa shape index (κ1) is 15.1. The number of hydrogen-bond acceptors (Lipinski definition) is 4. The molecule has 0 amide bonds. The number of benzene rings is 1. The number of hydrogen-bond donors (Lipinski definition) is 1. The van der Waals surface area contributed by atoms with Crippen LogP contribution in [0.2, 0.25) is 10.0 Å². The van der Waals surface area contributed by atoms with Crippen LogP contribution in [0.4, 0.5) is 5.82 Å². The summed E-state index contributed by atoms with van der Waals surface area (Å²) >= 11 is 12.1. The van der Waals surface area contributed by atoms with E-state index in [0.717, 1.165) is 22.7 Å². The number of anilines is 1. The van der Waals surface area contributed by atoms with E-state index in [2.05, 4.69) is 15.3 Å². The molecule has 0 spiro atoms. The van der Waals surface area contributed by atoms with Gasteiger partial charge in [0.25, 0.3) is 0 Å². The molecule has 0 bridgehead atoms. The summed E-state index contributed by atoms with van der Waals surface area (Å²) in [6, 6.07) is 5.46. The van der Waals surface area contributed by atoms with E-state index in [-0.39, 0.29) is 0 Å². The fourth-order valence-corrected chi connectivity index (χ4v) is 2.49. The fourth-order valence-electron chi connectivity index (χ4n) is 2.19. The lowest BCUT2D eigenvalue weighted by atomic mass is 10.1. The lowest BCUT2D eigenvalue weighted by Crippen LogP contribution is -2.10. The molecule has 114 valence electrons. The van der Waals surface area contributed by atoms with Gasteiger partial charge >= 0.3 is 0 Å². The highest BCUT2D eigenvalue weighted by Gasteiger charge is 2.14. The second-order valence-corrected chi connectivity index (χ2v) is 5.48. The van der Waals surface area contributed by atoms with Crippen molar-refractivity contribution in [3.05, 3.63) is 46.8 Å². The van der Waals surface area contributed by atoms with Crippen molar-refractivity contribution in [3.63, 3.8) is 0 Å². The zero-order valence-corrected chi connectivity index (χ0v) is 13.4. The lowest BCUT2D eigenvalue weighted by Gasteiger charge is -2.08. The van der Waals surface area contributed by atoms with Crippen molar-refractivity contribution in [2.45, 2.75) is 0 Å². The molecule has 3 aromatic rings. The summed E-state index contributed by atoms with van der Waals surface area (Å²) in [5.41, 5.74) is 2.43. The number of ether oxygens (including phenoxy) is 1. The van der Waals surface area contributed by atoms with Gasteiger partial charge in [-0.2, -0.15) is 0 Å². The lowest BCUT2D eigenvalue weighted by molar-refractivity contribution is 0.210. The highest BCUT2D eigenvalue weighted by Crippen LogP contribution is 2.32. The van der Waals surface area contributed by atoms with Gasteiger partial charge in [0.1, 0.15) is 11.5 Å². The Morgan fingerprint density at radius 2 is 2.14 bits per heavy atom. The second kappa shape index (κ2) is 6.52. The first-order valence-corrected chi connectivity index (χ1v) is 7.46. The van der Waals surface area contributed by atoms with Crippen LogP contribution < -0.4 is 5.32 Å². The molecular weight excluding hydrogens is 323 g/mol. The maximum Gasteiger partial charge on any atom is 0.157 e. The average Bonchev–Trinajstić information content (AvgIpc) is 2.89. The standard InChI is InChI=1S/C15H14Cl2N4O/c1-22-7-5-19-15-14(10-2-3-11(16)12(17)8-10)20-13-9-18-4-6-21(13)15/h2-4,6,8-9,19H,5,7H2,1H3. The second-order valence-electron chi connectivity index (χ2n) is 4.66. The monoisotopic (exact) mass is 336 g/mol. The van der Waals surface area contributed by atoms with E-state index in [1.165, 1.54) is 0 Å². The minimum Gasteiger partial charge on any atom is -0.383 e. The summed E-state index contributed by atoms with van der Waals surface area (Å²) in [6.45, 7) is 1.26. The Morgan fingerprint density at radius 1 is 1.27 bits per heavy atom. The number of fused-ring (bicyclic) bond motifs is 1. The third-order valence-electron chi connectivity index (χ3n) is 3.22. The van der Waals surface area contributed by atoms with Gasteiger partial charge < -0.3 is 10.1 Å². The Kier molecular flexibility index (Phi) is 4.47. The van der Waals surface area contributed by atoms with Crippen LogP contribution in [0.15, 0.2) is 36.8 Å². The predicted molar refractivity (Wildman–Crippen MR) is 88.8 cm³/mol. The SMILES string of the molecule is COCCNc1c(-c2ccc(Cl)c(Cl)c2)nc2cnccn12. The number of imidazole rings is 1. The molecular formula is C15H14Cl2N4O. The van der Waals surface area contributed by atoms with Gasteiger partial charge in [0, 0.05) is 31.6 Å². The van der Waals surface area contributed by atoms with E-state index in [1.54, 1.807) is 31.6 Å². The van der Waals surface area contributed by atoms with Crippen LogP contribution in [0.1, 0.15) is 0 Å². The summed E-state index contributed by atoms with van der Waals surface area (Å²) in [6.07, 6.45) is 5.29. The van der Waals surface area contributed by atoms with Crippen molar-refractivity contribution in [3.8, 4) is 11.3 Å². The Morgan fingerprint density at radius 3 is 2.91 bits per heavy atom. The number of aromatic nitrogens is 3. The summed E-state index contributed by atoms with van der Waals surface area (Å²) in [4.78, 5) is 8.73. The van der Waals surface area contributed by atoms with Crippen molar-refractivity contribution < 1.29 is 4.74 Å². The maximum absolute atomic E-state index is 6.12. The number of rotatable bonds is 5. The normalized spacial score (nSPS) is 11.0. The van der Waals surface area contributed by atoms with E-state index in [0.29, 0.717) is 23.2 Å². The zero-order valence-electron chi connectivity index (χ0n) is 11.9. The molecule has 2 heterocycles.